The fourth-order valence-corrected chi connectivity index (χ4v) is 2.21. The van der Waals surface area contributed by atoms with Crippen LogP contribution in [0, 0.1) is 0 Å². The van der Waals surface area contributed by atoms with Gasteiger partial charge in [-0.1, -0.05) is 6.92 Å². The van der Waals surface area contributed by atoms with Crippen molar-refractivity contribution in [2.75, 3.05) is 25.9 Å². The lowest BCUT2D eigenvalue weighted by atomic mass is 10.2. The third-order valence-corrected chi connectivity index (χ3v) is 4.30. The zero-order valence-corrected chi connectivity index (χ0v) is 11.7. The van der Waals surface area contributed by atoms with E-state index in [2.05, 4.69) is 32.3 Å². The second kappa shape index (κ2) is 5.92. The largest absolute Gasteiger partial charge is 0.340 e. The molecule has 0 aliphatic carbocycles. The number of hydrogen-bond acceptors (Lipinski definition) is 3. The Morgan fingerprint density at radius 1 is 1.56 bits per heavy atom. The molecule has 1 rings (SSSR count). The quantitative estimate of drug-likeness (QED) is 0.772. The number of amides is 1. The molecule has 1 saturated heterocycles. The van der Waals surface area contributed by atoms with E-state index >= 15 is 0 Å². The molecular weight excluding hydrogens is 220 g/mol. The van der Waals surface area contributed by atoms with Gasteiger partial charge in [-0.25, -0.2) is 0 Å². The molecule has 0 radical (unpaired) electrons. The van der Waals surface area contributed by atoms with Crippen LogP contribution in [0.1, 0.15) is 33.6 Å². The Bertz CT molecular complexity index is 243. The molecule has 0 aromatic carbocycles. The molecule has 1 amide bonds. The van der Waals surface area contributed by atoms with Crippen molar-refractivity contribution in [1.29, 1.82) is 0 Å². The maximum Gasteiger partial charge on any atom is 0.239 e. The molecule has 16 heavy (non-hydrogen) atoms. The first-order chi connectivity index (χ1) is 7.50. The zero-order valence-electron chi connectivity index (χ0n) is 10.9. The lowest BCUT2D eigenvalue weighted by Gasteiger charge is -2.28. The average molecular weight is 244 g/mol. The van der Waals surface area contributed by atoms with E-state index < -0.39 is 0 Å². The number of likely N-dealkylation sites (tertiary alicyclic amines) is 1. The predicted octanol–water partition coefficient (Wildman–Crippen LogP) is 1.73. The number of nitrogens with zero attached hydrogens (tertiary/aromatic N) is 1. The van der Waals surface area contributed by atoms with Crippen LogP contribution in [0.15, 0.2) is 0 Å². The van der Waals surface area contributed by atoms with Crippen LogP contribution in [0.2, 0.25) is 0 Å². The van der Waals surface area contributed by atoms with Gasteiger partial charge in [-0.05, 0) is 39.5 Å². The minimum Gasteiger partial charge on any atom is -0.340 e. The highest BCUT2D eigenvalue weighted by atomic mass is 32.2. The van der Waals surface area contributed by atoms with Gasteiger partial charge in [0.05, 0.1) is 6.04 Å². The maximum absolute atomic E-state index is 12.1. The normalized spacial score (nSPS) is 21.9. The number of hydrogen-bond donors (Lipinski definition) is 1. The molecule has 0 bridgehead atoms. The van der Waals surface area contributed by atoms with Crippen molar-refractivity contribution in [3.63, 3.8) is 0 Å². The van der Waals surface area contributed by atoms with Gasteiger partial charge in [0, 0.05) is 17.8 Å². The van der Waals surface area contributed by atoms with Gasteiger partial charge in [0.15, 0.2) is 0 Å². The third kappa shape index (κ3) is 3.67. The number of nitrogens with one attached hydrogen (secondary N) is 1. The van der Waals surface area contributed by atoms with Gasteiger partial charge in [-0.3, -0.25) is 4.79 Å². The topological polar surface area (TPSA) is 32.3 Å². The summed E-state index contributed by atoms with van der Waals surface area (Å²) >= 11 is 1.82. The summed E-state index contributed by atoms with van der Waals surface area (Å²) in [5.41, 5.74) is 0. The van der Waals surface area contributed by atoms with Crippen LogP contribution in [0.4, 0.5) is 0 Å². The molecule has 94 valence electrons. The molecule has 4 heteroatoms. The van der Waals surface area contributed by atoms with Crippen LogP contribution in [-0.4, -0.2) is 47.5 Å². The lowest BCUT2D eigenvalue weighted by Crippen LogP contribution is -2.42. The maximum atomic E-state index is 12.1. The Hall–Kier alpha value is -0.220. The molecule has 0 spiro atoms. The first kappa shape index (κ1) is 13.8. The Balaban J connectivity index is 2.44. The summed E-state index contributed by atoms with van der Waals surface area (Å²) in [5.74, 6) is 0.288. The molecule has 1 aliphatic heterocycles. The molecule has 1 heterocycles. The molecular formula is C12H24N2OS. The van der Waals surface area contributed by atoms with E-state index in [4.69, 9.17) is 0 Å². The lowest BCUT2D eigenvalue weighted by molar-refractivity contribution is -0.129. The fourth-order valence-electron chi connectivity index (χ4n) is 1.93. The van der Waals surface area contributed by atoms with E-state index in [1.54, 1.807) is 0 Å². The summed E-state index contributed by atoms with van der Waals surface area (Å²) in [6.07, 6.45) is 4.15. The summed E-state index contributed by atoms with van der Waals surface area (Å²) in [6.45, 7) is 9.22. The Morgan fingerprint density at radius 2 is 2.25 bits per heavy atom. The smallest absolute Gasteiger partial charge is 0.239 e. The van der Waals surface area contributed by atoms with Gasteiger partial charge < -0.3 is 10.2 Å². The average Bonchev–Trinajstić information content (AvgIpc) is 2.57. The van der Waals surface area contributed by atoms with Crippen LogP contribution < -0.4 is 5.32 Å². The van der Waals surface area contributed by atoms with E-state index in [1.807, 2.05) is 16.7 Å². The fraction of sp³-hybridized carbons (Fsp3) is 0.917. The molecule has 3 nitrogen and oxygen atoms in total. The zero-order chi connectivity index (χ0) is 12.2. The number of rotatable bonds is 6. The van der Waals surface area contributed by atoms with Gasteiger partial charge in [-0.2, -0.15) is 11.8 Å². The van der Waals surface area contributed by atoms with E-state index in [1.165, 1.54) is 0 Å². The van der Waals surface area contributed by atoms with Crippen LogP contribution >= 0.6 is 11.8 Å². The minimum absolute atomic E-state index is 0.0672. The molecule has 1 aliphatic rings. The number of carbonyl (C=O) groups is 1. The third-order valence-electron chi connectivity index (χ3n) is 3.06. The highest BCUT2D eigenvalue weighted by Crippen LogP contribution is 2.24. The number of carbonyl (C=O) groups excluding carboxylic acids is 1. The van der Waals surface area contributed by atoms with Gasteiger partial charge in [0.2, 0.25) is 5.91 Å². The first-order valence-electron chi connectivity index (χ1n) is 6.07. The Labute approximate surface area is 103 Å². The summed E-state index contributed by atoms with van der Waals surface area (Å²) in [4.78, 5) is 14.1. The summed E-state index contributed by atoms with van der Waals surface area (Å²) in [7, 11) is 0. The van der Waals surface area contributed by atoms with Gasteiger partial charge in [0.1, 0.15) is 0 Å². The van der Waals surface area contributed by atoms with Crippen LogP contribution in [0.25, 0.3) is 0 Å². The Kier molecular flexibility index (Phi) is 5.12. The van der Waals surface area contributed by atoms with E-state index in [9.17, 15) is 4.79 Å². The minimum atomic E-state index is 0.0672. The molecule has 1 atom stereocenters. The Morgan fingerprint density at radius 3 is 2.81 bits per heavy atom. The van der Waals surface area contributed by atoms with Gasteiger partial charge in [-0.15, -0.1) is 0 Å². The summed E-state index contributed by atoms with van der Waals surface area (Å²) < 4.78 is 0.162. The van der Waals surface area contributed by atoms with E-state index in [-0.39, 0.29) is 16.7 Å². The van der Waals surface area contributed by atoms with Crippen molar-refractivity contribution in [3.05, 3.63) is 0 Å². The van der Waals surface area contributed by atoms with Gasteiger partial charge in [0.25, 0.3) is 0 Å². The van der Waals surface area contributed by atoms with Crippen molar-refractivity contribution < 1.29 is 4.79 Å². The summed E-state index contributed by atoms with van der Waals surface area (Å²) in [6, 6.07) is 0.0672. The molecule has 1 N–H and O–H groups in total. The first-order valence-corrected chi connectivity index (χ1v) is 7.30. The van der Waals surface area contributed by atoms with Crippen molar-refractivity contribution in [2.24, 2.45) is 0 Å². The standard InChI is InChI=1S/C12H24N2OS/c1-5-7-13-10-6-8-14(11(10)15)9-12(2,3)16-4/h10,13H,5-9H2,1-4H3. The SMILES string of the molecule is CCCNC1CCN(CC(C)(C)SC)C1=O. The van der Waals surface area contributed by atoms with Crippen molar-refractivity contribution >= 4 is 17.7 Å². The highest BCUT2D eigenvalue weighted by molar-refractivity contribution is 7.99. The molecule has 0 aromatic heterocycles. The predicted molar refractivity (Wildman–Crippen MR) is 70.9 cm³/mol. The van der Waals surface area contributed by atoms with Crippen molar-refractivity contribution in [3.8, 4) is 0 Å². The van der Waals surface area contributed by atoms with Crippen molar-refractivity contribution in [1.82, 2.24) is 10.2 Å². The number of thioether (sulfide) groups is 1. The van der Waals surface area contributed by atoms with E-state index in [0.29, 0.717) is 0 Å². The molecule has 1 fully saturated rings. The second-order valence-corrected chi connectivity index (χ2v) is 6.53. The van der Waals surface area contributed by atoms with Crippen molar-refractivity contribution in [2.45, 2.75) is 44.4 Å². The highest BCUT2D eigenvalue weighted by Gasteiger charge is 2.33. The monoisotopic (exact) mass is 244 g/mol. The van der Waals surface area contributed by atoms with Gasteiger partial charge >= 0.3 is 0 Å². The molecule has 0 saturated carbocycles. The van der Waals surface area contributed by atoms with Crippen LogP contribution in [0.3, 0.4) is 0 Å². The molecule has 1 unspecified atom stereocenters. The summed E-state index contributed by atoms with van der Waals surface area (Å²) in [5, 5.41) is 3.32. The van der Waals surface area contributed by atoms with Crippen LogP contribution in [-0.2, 0) is 4.79 Å². The van der Waals surface area contributed by atoms with Crippen LogP contribution in [0.5, 0.6) is 0 Å². The second-order valence-electron chi connectivity index (χ2n) is 5.02. The molecule has 0 aromatic rings. The van der Waals surface area contributed by atoms with E-state index in [0.717, 1.165) is 32.5 Å².